The number of thiophene rings is 1. The lowest BCUT2D eigenvalue weighted by molar-refractivity contribution is -0.119. The fourth-order valence-corrected chi connectivity index (χ4v) is 5.45. The molecule has 8 nitrogen and oxygen atoms in total. The molecule has 2 heterocycles. The monoisotopic (exact) mass is 471 g/mol. The third kappa shape index (κ3) is 4.15. The quantitative estimate of drug-likeness (QED) is 0.379. The maximum atomic E-state index is 12.4. The molecule has 0 saturated carbocycles. The predicted molar refractivity (Wildman–Crippen MR) is 123 cm³/mol. The van der Waals surface area contributed by atoms with Crippen molar-refractivity contribution in [1.29, 1.82) is 0 Å². The molecule has 10 heteroatoms. The zero-order valence-electron chi connectivity index (χ0n) is 17.4. The number of anilines is 1. The van der Waals surface area contributed by atoms with Gasteiger partial charge in [-0.05, 0) is 56.1 Å². The largest absolute Gasteiger partial charge is 0.462 e. The molecule has 1 aliphatic heterocycles. The van der Waals surface area contributed by atoms with E-state index in [2.05, 4.69) is 10.6 Å². The van der Waals surface area contributed by atoms with E-state index in [4.69, 9.17) is 17.0 Å². The third-order valence-corrected chi connectivity index (χ3v) is 6.73. The number of nitrogens with zero attached hydrogens (tertiary/aromatic N) is 1. The Kier molecular flexibility index (Phi) is 6.33. The number of hydrogen-bond acceptors (Lipinski definition) is 7. The molecule has 1 aromatic carbocycles. The van der Waals surface area contributed by atoms with Crippen molar-refractivity contribution in [3.05, 3.63) is 51.4 Å². The topological polar surface area (TPSA) is 105 Å². The summed E-state index contributed by atoms with van der Waals surface area (Å²) in [6.07, 6.45) is 2.60. The van der Waals surface area contributed by atoms with Crippen LogP contribution in [0.1, 0.15) is 61.3 Å². The fourth-order valence-electron chi connectivity index (χ4n) is 3.89. The molecular weight excluding hydrogens is 450 g/mol. The summed E-state index contributed by atoms with van der Waals surface area (Å²) in [5.74, 6) is -1.67. The molecule has 0 spiro atoms. The molecular formula is C22H21N3O5S2. The van der Waals surface area contributed by atoms with Crippen LogP contribution in [-0.2, 0) is 22.4 Å². The summed E-state index contributed by atoms with van der Waals surface area (Å²) in [5, 5.41) is 6.09. The van der Waals surface area contributed by atoms with Gasteiger partial charge in [-0.1, -0.05) is 12.1 Å². The zero-order valence-corrected chi connectivity index (χ0v) is 19.0. The van der Waals surface area contributed by atoms with Crippen LogP contribution in [0.3, 0.4) is 0 Å². The van der Waals surface area contributed by atoms with Crippen LogP contribution in [0.2, 0.25) is 0 Å². The van der Waals surface area contributed by atoms with Gasteiger partial charge in [0.05, 0.1) is 23.3 Å². The lowest BCUT2D eigenvalue weighted by Crippen LogP contribution is -2.38. The molecule has 3 amide bonds. The van der Waals surface area contributed by atoms with Crippen LogP contribution < -0.4 is 10.6 Å². The molecule has 2 N–H and O–H groups in total. The number of amides is 3. The van der Waals surface area contributed by atoms with Gasteiger partial charge in [0.15, 0.2) is 5.11 Å². The number of fused-ring (bicyclic) bond motifs is 2. The standard InChI is InChI=1S/C22H21N3O5S2/c1-2-30-21(29)17-14-8-5-9-15(14)32-18(17)24-22(31)23-16(26)10-11-25-19(27)12-6-3-4-7-13(12)20(25)28/h3-4,6-7H,2,5,8-11H2,1H3,(H2,23,24,26,31). The van der Waals surface area contributed by atoms with Crippen molar-refractivity contribution >= 4 is 57.4 Å². The van der Waals surface area contributed by atoms with Crippen molar-refractivity contribution in [2.24, 2.45) is 0 Å². The van der Waals surface area contributed by atoms with Gasteiger partial charge in [0.25, 0.3) is 11.8 Å². The number of nitrogens with one attached hydrogen (secondary N) is 2. The molecule has 0 atom stereocenters. The van der Waals surface area contributed by atoms with Gasteiger partial charge >= 0.3 is 5.97 Å². The van der Waals surface area contributed by atoms with E-state index in [0.29, 0.717) is 21.7 Å². The average molecular weight is 472 g/mol. The number of esters is 1. The van der Waals surface area contributed by atoms with Crippen molar-refractivity contribution < 1.29 is 23.9 Å². The van der Waals surface area contributed by atoms with E-state index in [1.807, 2.05) is 0 Å². The summed E-state index contributed by atoms with van der Waals surface area (Å²) >= 11 is 6.68. The van der Waals surface area contributed by atoms with Crippen LogP contribution in [0.4, 0.5) is 5.00 Å². The highest BCUT2D eigenvalue weighted by Gasteiger charge is 2.35. The van der Waals surface area contributed by atoms with Crippen molar-refractivity contribution in [2.45, 2.75) is 32.6 Å². The minimum Gasteiger partial charge on any atom is -0.462 e. The zero-order chi connectivity index (χ0) is 22.8. The lowest BCUT2D eigenvalue weighted by atomic mass is 10.1. The number of benzene rings is 1. The van der Waals surface area contributed by atoms with E-state index in [1.54, 1.807) is 31.2 Å². The molecule has 4 rings (SSSR count). The van der Waals surface area contributed by atoms with Gasteiger partial charge in [-0.15, -0.1) is 11.3 Å². The molecule has 0 bridgehead atoms. The Labute approximate surface area is 193 Å². The van der Waals surface area contributed by atoms with Crippen molar-refractivity contribution in [3.8, 4) is 0 Å². The van der Waals surface area contributed by atoms with Crippen LogP contribution in [0.5, 0.6) is 0 Å². The number of carbonyl (C=O) groups excluding carboxylic acids is 4. The normalized spacial score (nSPS) is 14.2. The Morgan fingerprint density at radius 2 is 1.84 bits per heavy atom. The fraction of sp³-hybridized carbons (Fsp3) is 0.318. The number of hydrogen-bond donors (Lipinski definition) is 2. The Morgan fingerprint density at radius 1 is 1.16 bits per heavy atom. The summed E-state index contributed by atoms with van der Waals surface area (Å²) in [7, 11) is 0. The van der Waals surface area contributed by atoms with E-state index >= 15 is 0 Å². The van der Waals surface area contributed by atoms with Crippen molar-refractivity contribution in [2.75, 3.05) is 18.5 Å². The molecule has 1 aliphatic carbocycles. The highest BCUT2D eigenvalue weighted by Crippen LogP contribution is 2.39. The van der Waals surface area contributed by atoms with Gasteiger partial charge in [-0.25, -0.2) is 4.79 Å². The second-order valence-corrected chi connectivity index (χ2v) is 8.86. The van der Waals surface area contributed by atoms with Gasteiger partial charge in [-0.2, -0.15) is 0 Å². The first-order valence-electron chi connectivity index (χ1n) is 10.3. The molecule has 0 radical (unpaired) electrons. The average Bonchev–Trinajstić information content (AvgIpc) is 3.40. The summed E-state index contributed by atoms with van der Waals surface area (Å²) in [6, 6.07) is 6.56. The summed E-state index contributed by atoms with van der Waals surface area (Å²) in [5.41, 5.74) is 2.14. The predicted octanol–water partition coefficient (Wildman–Crippen LogP) is 2.91. The SMILES string of the molecule is CCOC(=O)c1c(NC(=S)NC(=O)CCN2C(=O)c3ccccc3C2=O)sc2c1CCC2. The smallest absolute Gasteiger partial charge is 0.341 e. The van der Waals surface area contributed by atoms with E-state index in [-0.39, 0.29) is 24.7 Å². The summed E-state index contributed by atoms with van der Waals surface area (Å²) in [6.45, 7) is 1.96. The van der Waals surface area contributed by atoms with Crippen LogP contribution in [0.25, 0.3) is 0 Å². The molecule has 166 valence electrons. The Balaban J connectivity index is 1.36. The van der Waals surface area contributed by atoms with E-state index < -0.39 is 23.7 Å². The number of rotatable bonds is 6. The molecule has 1 aromatic heterocycles. The van der Waals surface area contributed by atoms with Crippen LogP contribution in [0, 0.1) is 0 Å². The molecule has 32 heavy (non-hydrogen) atoms. The van der Waals surface area contributed by atoms with Crippen molar-refractivity contribution in [3.63, 3.8) is 0 Å². The van der Waals surface area contributed by atoms with Gasteiger partial charge in [-0.3, -0.25) is 19.3 Å². The second kappa shape index (κ2) is 9.17. The molecule has 0 fully saturated rings. The maximum absolute atomic E-state index is 12.4. The third-order valence-electron chi connectivity index (χ3n) is 5.32. The first-order valence-corrected chi connectivity index (χ1v) is 11.5. The van der Waals surface area contributed by atoms with Gasteiger partial charge < -0.3 is 15.4 Å². The minimum atomic E-state index is -0.444. The van der Waals surface area contributed by atoms with E-state index in [1.165, 1.54) is 11.3 Å². The summed E-state index contributed by atoms with van der Waals surface area (Å²) < 4.78 is 5.18. The van der Waals surface area contributed by atoms with Crippen LogP contribution in [0.15, 0.2) is 24.3 Å². The van der Waals surface area contributed by atoms with Crippen LogP contribution >= 0.6 is 23.6 Å². The number of carbonyl (C=O) groups is 4. The van der Waals surface area contributed by atoms with Gasteiger partial charge in [0, 0.05) is 17.8 Å². The van der Waals surface area contributed by atoms with Gasteiger partial charge in [0.2, 0.25) is 5.91 Å². The van der Waals surface area contributed by atoms with Crippen molar-refractivity contribution in [1.82, 2.24) is 10.2 Å². The number of aryl methyl sites for hydroxylation is 1. The maximum Gasteiger partial charge on any atom is 0.341 e. The second-order valence-electron chi connectivity index (χ2n) is 7.34. The lowest BCUT2D eigenvalue weighted by Gasteiger charge is -2.14. The first-order chi connectivity index (χ1) is 15.4. The van der Waals surface area contributed by atoms with Crippen LogP contribution in [-0.4, -0.2) is 46.9 Å². The highest BCUT2D eigenvalue weighted by molar-refractivity contribution is 7.80. The first kappa shape index (κ1) is 22.1. The number of thiocarbonyl (C=S) groups is 1. The molecule has 0 unspecified atom stereocenters. The minimum absolute atomic E-state index is 0.0443. The van der Waals surface area contributed by atoms with E-state index in [0.717, 1.165) is 34.6 Å². The van der Waals surface area contributed by atoms with E-state index in [9.17, 15) is 19.2 Å². The Bertz CT molecular complexity index is 1110. The Hall–Kier alpha value is -3.11. The summed E-state index contributed by atoms with van der Waals surface area (Å²) in [4.78, 5) is 51.8. The van der Waals surface area contributed by atoms with Gasteiger partial charge in [0.1, 0.15) is 5.00 Å². The Morgan fingerprint density at radius 3 is 2.50 bits per heavy atom. The highest BCUT2D eigenvalue weighted by atomic mass is 32.1. The molecule has 0 saturated heterocycles. The number of imide groups is 1. The molecule has 2 aromatic rings. The molecule has 2 aliphatic rings. The number of ether oxygens (including phenoxy) is 1.